The number of Topliss-reactive ketones (excluding diaryl/α,β-unsaturated/α-hetero) is 1. The van der Waals surface area contributed by atoms with Gasteiger partial charge < -0.3 is 20.5 Å². The Hall–Kier alpha value is -4.71. The predicted molar refractivity (Wildman–Crippen MR) is 156 cm³/mol. The van der Waals surface area contributed by atoms with Crippen LogP contribution in [0.2, 0.25) is 0 Å². The number of thiophene rings is 1. The molecule has 0 aliphatic rings. The Labute approximate surface area is 249 Å². The van der Waals surface area contributed by atoms with Gasteiger partial charge in [0.15, 0.2) is 0 Å². The van der Waals surface area contributed by atoms with Gasteiger partial charge in [-0.2, -0.15) is 0 Å². The molecule has 0 unspecified atom stereocenters. The van der Waals surface area contributed by atoms with Crippen molar-refractivity contribution in [2.24, 2.45) is 0 Å². The van der Waals surface area contributed by atoms with Gasteiger partial charge in [0.25, 0.3) is 5.91 Å². The number of carbonyl (C=O) groups is 4. The molecule has 9 nitrogen and oxygen atoms in total. The number of carboxylic acid groups (broad SMARTS) is 1. The number of hydrogen-bond donors (Lipinski definition) is 3. The van der Waals surface area contributed by atoms with Crippen molar-refractivity contribution >= 4 is 45.1 Å². The maximum absolute atomic E-state index is 14.9. The topological polar surface area (TPSA) is 135 Å². The van der Waals surface area contributed by atoms with Crippen molar-refractivity contribution in [1.29, 1.82) is 0 Å². The Morgan fingerprint density at radius 1 is 1.00 bits per heavy atom. The first-order valence-corrected chi connectivity index (χ1v) is 14.3. The quantitative estimate of drug-likeness (QED) is 0.191. The van der Waals surface area contributed by atoms with Crippen molar-refractivity contribution in [3.8, 4) is 11.5 Å². The average molecular weight is 610 g/mol. The van der Waals surface area contributed by atoms with Crippen molar-refractivity contribution in [2.45, 2.75) is 45.6 Å². The maximum atomic E-state index is 14.9. The molecule has 0 bridgehead atoms. The van der Waals surface area contributed by atoms with Gasteiger partial charge in [0.2, 0.25) is 5.91 Å². The minimum absolute atomic E-state index is 0.0830. The van der Waals surface area contributed by atoms with Crippen LogP contribution in [0.5, 0.6) is 11.5 Å². The Morgan fingerprint density at radius 3 is 2.49 bits per heavy atom. The fraction of sp³-hybridized carbons (Fsp3) is 0.258. The van der Waals surface area contributed by atoms with Gasteiger partial charge in [-0.15, -0.1) is 11.3 Å². The number of hydrogen-bond acceptors (Lipinski definition) is 7. The number of aryl methyl sites for hydroxylation is 1. The predicted octanol–water partition coefficient (Wildman–Crippen LogP) is 5.13. The van der Waals surface area contributed by atoms with Gasteiger partial charge in [-0.3, -0.25) is 24.2 Å². The molecule has 2 heterocycles. The van der Waals surface area contributed by atoms with Crippen molar-refractivity contribution in [2.75, 3.05) is 6.54 Å². The van der Waals surface area contributed by atoms with Gasteiger partial charge >= 0.3 is 5.97 Å². The Kier molecular flexibility index (Phi) is 10.1. The molecule has 0 saturated heterocycles. The number of ether oxygens (including phenoxy) is 1. The summed E-state index contributed by atoms with van der Waals surface area (Å²) >= 11 is 1.04. The smallest absolute Gasteiger partial charge is 0.303 e. The number of likely N-dealkylation sites (N-methyl/N-ethyl adjacent to an activating group) is 1. The number of carbonyl (C=O) groups excluding carboxylic acids is 3. The lowest BCUT2D eigenvalue weighted by Crippen LogP contribution is -2.46. The van der Waals surface area contributed by atoms with Gasteiger partial charge in [-0.05, 0) is 49.6 Å². The molecule has 4 rings (SSSR count). The molecule has 0 saturated carbocycles. The summed E-state index contributed by atoms with van der Waals surface area (Å²) in [7, 11) is 0. The van der Waals surface area contributed by atoms with E-state index in [0.29, 0.717) is 22.5 Å². The number of rotatable bonds is 13. The van der Waals surface area contributed by atoms with Crippen LogP contribution in [0, 0.1) is 18.6 Å². The lowest BCUT2D eigenvalue weighted by molar-refractivity contribution is -0.137. The van der Waals surface area contributed by atoms with Crippen LogP contribution in [0.15, 0.2) is 54.7 Å². The van der Waals surface area contributed by atoms with Crippen molar-refractivity contribution in [1.82, 2.24) is 15.6 Å². The summed E-state index contributed by atoms with van der Waals surface area (Å²) in [5.41, 5.74) is 1.65. The number of halogens is 2. The van der Waals surface area contributed by atoms with Gasteiger partial charge in [0, 0.05) is 44.1 Å². The second kappa shape index (κ2) is 14.0. The van der Waals surface area contributed by atoms with E-state index in [-0.39, 0.29) is 53.2 Å². The lowest BCUT2D eigenvalue weighted by atomic mass is 10.0. The van der Waals surface area contributed by atoms with Gasteiger partial charge in [-0.25, -0.2) is 8.78 Å². The largest absolute Gasteiger partial charge is 0.481 e. The summed E-state index contributed by atoms with van der Waals surface area (Å²) in [6.45, 7) is 3.82. The molecule has 12 heteroatoms. The highest BCUT2D eigenvalue weighted by atomic mass is 32.1. The minimum atomic E-state index is -1.09. The highest BCUT2D eigenvalue weighted by Gasteiger charge is 2.24. The number of fused-ring (bicyclic) bond motifs is 1. The molecule has 0 aliphatic heterocycles. The summed E-state index contributed by atoms with van der Waals surface area (Å²) in [5, 5.41) is 14.2. The van der Waals surface area contributed by atoms with E-state index < -0.39 is 35.5 Å². The van der Waals surface area contributed by atoms with Gasteiger partial charge in [-0.1, -0.05) is 23.8 Å². The van der Waals surface area contributed by atoms with Crippen LogP contribution in [0.3, 0.4) is 0 Å². The molecule has 0 fully saturated rings. The van der Waals surface area contributed by atoms with Crippen molar-refractivity contribution in [3.05, 3.63) is 87.9 Å². The number of aromatic nitrogens is 1. The van der Waals surface area contributed by atoms with E-state index in [4.69, 9.17) is 9.84 Å². The summed E-state index contributed by atoms with van der Waals surface area (Å²) in [4.78, 5) is 53.3. The summed E-state index contributed by atoms with van der Waals surface area (Å²) in [6, 6.07) is 10.6. The molecule has 2 amide bonds. The first-order chi connectivity index (χ1) is 20.5. The van der Waals surface area contributed by atoms with Gasteiger partial charge in [0.05, 0.1) is 15.1 Å². The number of carboxylic acids is 1. The number of amides is 2. The van der Waals surface area contributed by atoms with Gasteiger partial charge in [0.1, 0.15) is 35.0 Å². The zero-order valence-electron chi connectivity index (χ0n) is 23.4. The van der Waals surface area contributed by atoms with Crippen molar-refractivity contribution in [3.63, 3.8) is 0 Å². The van der Waals surface area contributed by atoms with Crippen LogP contribution in [-0.2, 0) is 27.2 Å². The zero-order valence-corrected chi connectivity index (χ0v) is 24.2. The second-order valence-corrected chi connectivity index (χ2v) is 10.9. The normalized spacial score (nSPS) is 11.6. The zero-order chi connectivity index (χ0) is 31.1. The van der Waals surface area contributed by atoms with E-state index in [1.165, 1.54) is 30.5 Å². The number of nitrogens with one attached hydrogen (secondary N) is 2. The fourth-order valence-electron chi connectivity index (χ4n) is 4.36. The summed E-state index contributed by atoms with van der Waals surface area (Å²) in [6.07, 6.45) is 0.706. The number of benzene rings is 2. The van der Waals surface area contributed by atoms with Crippen LogP contribution >= 0.6 is 11.3 Å². The molecule has 2 aromatic heterocycles. The molecule has 0 spiro atoms. The number of nitrogens with zero attached hydrogens (tertiary/aromatic N) is 1. The number of ketones is 1. The molecule has 0 radical (unpaired) electrons. The highest BCUT2D eigenvalue weighted by molar-refractivity contribution is 7.21. The molecule has 43 heavy (non-hydrogen) atoms. The van der Waals surface area contributed by atoms with Crippen LogP contribution in [0.1, 0.15) is 46.1 Å². The van der Waals surface area contributed by atoms with E-state index in [2.05, 4.69) is 15.6 Å². The molecular weight excluding hydrogens is 580 g/mol. The maximum Gasteiger partial charge on any atom is 0.303 e. The standard InChI is InChI=1S/C31H29F2N3O6S/c1-3-34-30(40)24(8-9-28(38)39)36-31(41)27-16-25-29(43-27)26(10-11-35-25)42-21-6-5-18(23(33)15-21)13-20(37)14-19-12-17(2)4-7-22(19)32/h4-7,10-12,15-16,24H,3,8-9,13-14H2,1-2H3,(H,34,40)(H,36,41)(H,38,39)/t24-/m0/s1. The summed E-state index contributed by atoms with van der Waals surface area (Å²) < 4.78 is 35.4. The molecule has 3 N–H and O–H groups in total. The monoisotopic (exact) mass is 609 g/mol. The Bertz CT molecular complexity index is 1690. The van der Waals surface area contributed by atoms with Crippen molar-refractivity contribution < 1.29 is 37.8 Å². The number of pyridine rings is 1. The first kappa shape index (κ1) is 31.2. The van der Waals surface area contributed by atoms with Crippen LogP contribution in [0.4, 0.5) is 8.78 Å². The average Bonchev–Trinajstić information content (AvgIpc) is 3.40. The van der Waals surface area contributed by atoms with E-state index in [9.17, 15) is 28.0 Å². The first-order valence-electron chi connectivity index (χ1n) is 13.5. The van der Waals surface area contributed by atoms with Crippen LogP contribution in [0.25, 0.3) is 10.2 Å². The molecular formula is C31H29F2N3O6S. The SMILES string of the molecule is CCNC(=O)[C@H](CCC(=O)O)NC(=O)c1cc2nccc(Oc3ccc(CC(=O)Cc4cc(C)ccc4F)c(F)c3)c2s1. The third-order valence-electron chi connectivity index (χ3n) is 6.45. The van der Waals surface area contributed by atoms with E-state index in [1.54, 1.807) is 32.0 Å². The Morgan fingerprint density at radius 2 is 1.77 bits per heavy atom. The molecule has 1 atom stereocenters. The third-order valence-corrected chi connectivity index (χ3v) is 7.59. The molecule has 224 valence electrons. The molecule has 4 aromatic rings. The Balaban J connectivity index is 1.47. The van der Waals surface area contributed by atoms with Crippen LogP contribution in [-0.4, -0.2) is 46.2 Å². The summed E-state index contributed by atoms with van der Waals surface area (Å²) in [5.74, 6) is -3.20. The minimum Gasteiger partial charge on any atom is -0.481 e. The van der Waals surface area contributed by atoms with E-state index in [0.717, 1.165) is 23.0 Å². The highest BCUT2D eigenvalue weighted by Crippen LogP contribution is 2.35. The molecule has 0 aliphatic carbocycles. The molecule has 2 aromatic carbocycles. The second-order valence-electron chi connectivity index (χ2n) is 9.83. The van der Waals surface area contributed by atoms with E-state index in [1.807, 2.05) is 0 Å². The third kappa shape index (κ3) is 8.19. The lowest BCUT2D eigenvalue weighted by Gasteiger charge is -2.16. The fourth-order valence-corrected chi connectivity index (χ4v) is 5.33. The van der Waals surface area contributed by atoms with E-state index >= 15 is 0 Å². The number of aliphatic carboxylic acids is 1. The van der Waals surface area contributed by atoms with Crippen LogP contribution < -0.4 is 15.4 Å².